The van der Waals surface area contributed by atoms with Gasteiger partial charge in [-0.15, -0.1) is 0 Å². The van der Waals surface area contributed by atoms with Gasteiger partial charge in [-0.05, 0) is 62.1 Å². The van der Waals surface area contributed by atoms with Crippen molar-refractivity contribution in [3.05, 3.63) is 103 Å². The van der Waals surface area contributed by atoms with Crippen LogP contribution in [0.4, 0.5) is 34.1 Å². The van der Waals surface area contributed by atoms with E-state index in [0.717, 1.165) is 36.7 Å². The quantitative estimate of drug-likeness (QED) is 0.0857. The lowest BCUT2D eigenvalue weighted by atomic mass is 10.1. The molecule has 1 aliphatic rings. The molecule has 14 nitrogen and oxygen atoms in total. The molecule has 3 N–H and O–H groups in total. The van der Waals surface area contributed by atoms with Gasteiger partial charge >= 0.3 is 0 Å². The van der Waals surface area contributed by atoms with Crippen molar-refractivity contribution in [2.45, 2.75) is 38.5 Å². The first kappa shape index (κ1) is 34.3. The summed E-state index contributed by atoms with van der Waals surface area (Å²) in [5.41, 5.74) is 7.29. The minimum Gasteiger partial charge on any atom is -0.399 e. The first-order chi connectivity index (χ1) is 20.5. The zero-order chi connectivity index (χ0) is 31.8. The number of unbranched alkanes of at least 4 members (excludes halogenated alkanes) is 1. The molecule has 0 spiro atoms. The molecular formula is C28H31BrN6O8. The number of nitrogen functional groups attached to an aromatic ring is 1. The first-order valence-corrected chi connectivity index (χ1v) is 14.3. The van der Waals surface area contributed by atoms with Crippen LogP contribution < -0.4 is 16.0 Å². The van der Waals surface area contributed by atoms with Gasteiger partial charge < -0.3 is 16.0 Å². The molecule has 1 heterocycles. The molecule has 228 valence electrons. The van der Waals surface area contributed by atoms with E-state index in [4.69, 9.17) is 5.73 Å². The average molecular weight is 659 g/mol. The minimum absolute atomic E-state index is 0.0160. The standard InChI is InChI=1S/C11H13BrN2O3.C11H12N2O3.C6H6N2O2/c12-8-2-1-3-11(15)13-9-4-6-10(7-5-9)14(16)17;14-11-3-1-2-8-12(11)9-4-6-10(7-5-9)13(15)16;7-5-1-3-6(4-2-5)8(9)10/h4-7H,1-3,8H2,(H,13,15);4-7H,1-3,8H2;1-4H,7H2. The summed E-state index contributed by atoms with van der Waals surface area (Å²) in [6.45, 7) is 0.705. The molecule has 0 aromatic heterocycles. The molecule has 0 radical (unpaired) electrons. The number of nitro groups is 3. The predicted octanol–water partition coefficient (Wildman–Crippen LogP) is 6.39. The maximum Gasteiger partial charge on any atom is 0.269 e. The number of benzene rings is 3. The number of hydrogen-bond donors (Lipinski definition) is 2. The van der Waals surface area contributed by atoms with Gasteiger partial charge in [0.15, 0.2) is 0 Å². The second-order valence-corrected chi connectivity index (χ2v) is 9.92. The molecule has 1 aliphatic heterocycles. The van der Waals surface area contributed by atoms with E-state index in [1.54, 1.807) is 17.0 Å². The largest absolute Gasteiger partial charge is 0.399 e. The van der Waals surface area contributed by atoms with E-state index in [1.807, 2.05) is 0 Å². The second kappa shape index (κ2) is 17.8. The summed E-state index contributed by atoms with van der Waals surface area (Å²) in [4.78, 5) is 54.3. The topological polar surface area (TPSA) is 205 Å². The van der Waals surface area contributed by atoms with E-state index in [9.17, 15) is 39.9 Å². The van der Waals surface area contributed by atoms with Crippen LogP contribution in [0.1, 0.15) is 38.5 Å². The molecule has 4 rings (SSSR count). The monoisotopic (exact) mass is 658 g/mol. The fourth-order valence-corrected chi connectivity index (χ4v) is 4.10. The highest BCUT2D eigenvalue weighted by molar-refractivity contribution is 9.09. The van der Waals surface area contributed by atoms with Gasteiger partial charge in [0, 0.05) is 78.2 Å². The van der Waals surface area contributed by atoms with Crippen LogP contribution in [0.3, 0.4) is 0 Å². The number of carbonyl (C=O) groups is 2. The molecule has 2 amide bonds. The molecule has 0 unspecified atom stereocenters. The van der Waals surface area contributed by atoms with E-state index in [2.05, 4.69) is 21.2 Å². The summed E-state index contributed by atoms with van der Waals surface area (Å²) in [6.07, 6.45) is 4.72. The van der Waals surface area contributed by atoms with Crippen LogP contribution >= 0.6 is 15.9 Å². The summed E-state index contributed by atoms with van der Waals surface area (Å²) in [7, 11) is 0. The van der Waals surface area contributed by atoms with Crippen molar-refractivity contribution in [2.24, 2.45) is 0 Å². The summed E-state index contributed by atoms with van der Waals surface area (Å²) in [6, 6.07) is 17.6. The molecular weight excluding hydrogens is 628 g/mol. The third-order valence-corrected chi connectivity index (χ3v) is 6.51. The normalized spacial score (nSPS) is 12.1. The van der Waals surface area contributed by atoms with Crippen LogP contribution in [0.5, 0.6) is 0 Å². The Labute approximate surface area is 255 Å². The number of alkyl halides is 1. The lowest BCUT2D eigenvalue weighted by Gasteiger charge is -2.26. The van der Waals surface area contributed by atoms with Crippen LogP contribution in [0, 0.1) is 30.3 Å². The molecule has 1 fully saturated rings. The third kappa shape index (κ3) is 12.2. The maximum absolute atomic E-state index is 11.6. The van der Waals surface area contributed by atoms with Crippen molar-refractivity contribution >= 4 is 61.9 Å². The number of hydrogen-bond acceptors (Lipinski definition) is 9. The van der Waals surface area contributed by atoms with Crippen LogP contribution in [0.2, 0.25) is 0 Å². The highest BCUT2D eigenvalue weighted by Crippen LogP contribution is 2.23. The SMILES string of the molecule is Nc1ccc([N+](=O)[O-])cc1.O=C(CCCCBr)Nc1ccc([N+](=O)[O-])cc1.O=C1CCCCN1c1ccc([N+](=O)[O-])cc1. The minimum atomic E-state index is -0.471. The number of nitrogens with zero attached hydrogens (tertiary/aromatic N) is 4. The number of anilines is 3. The predicted molar refractivity (Wildman–Crippen MR) is 166 cm³/mol. The summed E-state index contributed by atoms with van der Waals surface area (Å²) in [5.74, 6) is 0.0277. The molecule has 3 aromatic carbocycles. The van der Waals surface area contributed by atoms with Gasteiger partial charge in [-0.1, -0.05) is 15.9 Å². The van der Waals surface area contributed by atoms with Gasteiger partial charge in [0.05, 0.1) is 14.8 Å². The zero-order valence-corrected chi connectivity index (χ0v) is 24.7. The second-order valence-electron chi connectivity index (χ2n) is 9.12. The maximum atomic E-state index is 11.6. The van der Waals surface area contributed by atoms with Gasteiger partial charge in [0.1, 0.15) is 0 Å². The van der Waals surface area contributed by atoms with E-state index in [1.165, 1.54) is 60.7 Å². The van der Waals surface area contributed by atoms with E-state index in [-0.39, 0.29) is 28.9 Å². The number of amides is 2. The number of nitrogens with one attached hydrogen (secondary N) is 1. The number of carbonyl (C=O) groups excluding carboxylic acids is 2. The van der Waals surface area contributed by atoms with E-state index >= 15 is 0 Å². The molecule has 0 aliphatic carbocycles. The fraction of sp³-hybridized carbons (Fsp3) is 0.286. The first-order valence-electron chi connectivity index (χ1n) is 13.2. The van der Waals surface area contributed by atoms with Crippen molar-refractivity contribution in [3.8, 4) is 0 Å². The van der Waals surface area contributed by atoms with Crippen molar-refractivity contribution in [1.82, 2.24) is 0 Å². The third-order valence-electron chi connectivity index (χ3n) is 5.95. The number of rotatable bonds is 9. The highest BCUT2D eigenvalue weighted by atomic mass is 79.9. The fourth-order valence-electron chi connectivity index (χ4n) is 3.70. The van der Waals surface area contributed by atoms with Crippen molar-refractivity contribution < 1.29 is 24.4 Å². The van der Waals surface area contributed by atoms with Crippen LogP contribution in [-0.4, -0.2) is 38.5 Å². The van der Waals surface area contributed by atoms with E-state index in [0.29, 0.717) is 30.8 Å². The molecule has 3 aromatic rings. The van der Waals surface area contributed by atoms with Crippen LogP contribution in [0.25, 0.3) is 0 Å². The smallest absolute Gasteiger partial charge is 0.269 e. The lowest BCUT2D eigenvalue weighted by molar-refractivity contribution is -0.385. The Morgan fingerprint density at radius 2 is 1.28 bits per heavy atom. The summed E-state index contributed by atoms with van der Waals surface area (Å²) in [5, 5.41) is 34.6. The Hall–Kier alpha value is -4.92. The van der Waals surface area contributed by atoms with Gasteiger partial charge in [-0.25, -0.2) is 0 Å². The van der Waals surface area contributed by atoms with Gasteiger partial charge in [-0.2, -0.15) is 0 Å². The summed E-state index contributed by atoms with van der Waals surface area (Å²) < 4.78 is 0. The average Bonchev–Trinajstić information content (AvgIpc) is 2.99. The van der Waals surface area contributed by atoms with Crippen LogP contribution in [0.15, 0.2) is 72.8 Å². The molecule has 0 saturated carbocycles. The van der Waals surface area contributed by atoms with Gasteiger partial charge in [0.2, 0.25) is 11.8 Å². The highest BCUT2D eigenvalue weighted by Gasteiger charge is 2.20. The molecule has 43 heavy (non-hydrogen) atoms. The number of nitro benzene ring substituents is 3. The Bertz CT molecular complexity index is 1390. The Kier molecular flexibility index (Phi) is 14.2. The molecule has 0 atom stereocenters. The molecule has 15 heteroatoms. The zero-order valence-electron chi connectivity index (χ0n) is 23.1. The van der Waals surface area contributed by atoms with Crippen molar-refractivity contribution in [2.75, 3.05) is 27.8 Å². The number of non-ortho nitro benzene ring substituents is 3. The lowest BCUT2D eigenvalue weighted by Crippen LogP contribution is -2.35. The number of piperidine rings is 1. The van der Waals surface area contributed by atoms with Crippen molar-refractivity contribution in [1.29, 1.82) is 0 Å². The number of halogens is 1. The van der Waals surface area contributed by atoms with Crippen LogP contribution in [-0.2, 0) is 9.59 Å². The van der Waals surface area contributed by atoms with Gasteiger partial charge in [0.25, 0.3) is 17.1 Å². The van der Waals surface area contributed by atoms with Gasteiger partial charge in [-0.3, -0.25) is 39.9 Å². The summed E-state index contributed by atoms with van der Waals surface area (Å²) >= 11 is 3.29. The molecule has 1 saturated heterocycles. The van der Waals surface area contributed by atoms with Crippen molar-refractivity contribution in [3.63, 3.8) is 0 Å². The number of nitrogens with two attached hydrogens (primary N) is 1. The Balaban J connectivity index is 0.000000233. The Morgan fingerprint density at radius 3 is 1.74 bits per heavy atom. The Morgan fingerprint density at radius 1 is 0.791 bits per heavy atom. The van der Waals surface area contributed by atoms with E-state index < -0.39 is 14.8 Å². The molecule has 0 bridgehead atoms.